The zero-order valence-electron chi connectivity index (χ0n) is 18.5. The van der Waals surface area contributed by atoms with E-state index in [1.807, 2.05) is 25.7 Å². The molecule has 0 atom stereocenters. The van der Waals surface area contributed by atoms with Crippen molar-refractivity contribution in [1.29, 1.82) is 0 Å². The number of hydrogen-bond donors (Lipinski definition) is 1. The minimum atomic E-state index is -1.04. The predicted molar refractivity (Wildman–Crippen MR) is 116 cm³/mol. The maximum Gasteiger partial charge on any atom is 0.410 e. The zero-order valence-corrected chi connectivity index (χ0v) is 18.5. The van der Waals surface area contributed by atoms with Gasteiger partial charge in [-0.15, -0.1) is 0 Å². The Kier molecular flexibility index (Phi) is 5.81. The Hall–Kier alpha value is -3.50. The molecule has 11 heteroatoms. The van der Waals surface area contributed by atoms with E-state index in [4.69, 9.17) is 14.8 Å². The lowest BCUT2D eigenvalue weighted by Crippen LogP contribution is -2.48. The van der Waals surface area contributed by atoms with Crippen LogP contribution in [0.2, 0.25) is 0 Å². The summed E-state index contributed by atoms with van der Waals surface area (Å²) in [5.41, 5.74) is 1.45. The third-order valence-electron chi connectivity index (χ3n) is 5.30. The summed E-state index contributed by atoms with van der Waals surface area (Å²) < 4.78 is 5.47. The van der Waals surface area contributed by atoms with Crippen LogP contribution in [-0.4, -0.2) is 80.3 Å². The molecule has 1 amide bonds. The molecule has 1 saturated heterocycles. The highest BCUT2D eigenvalue weighted by Gasteiger charge is 2.28. The van der Waals surface area contributed by atoms with Gasteiger partial charge in [-0.1, -0.05) is 0 Å². The monoisotopic (exact) mass is 441 g/mol. The molecule has 0 spiro atoms. The summed E-state index contributed by atoms with van der Waals surface area (Å²) >= 11 is 0. The lowest BCUT2D eigenvalue weighted by atomic mass is 10.1. The molecule has 1 fully saturated rings. The van der Waals surface area contributed by atoms with Gasteiger partial charge in [-0.2, -0.15) is 0 Å². The molecule has 0 aromatic carbocycles. The van der Waals surface area contributed by atoms with Crippen LogP contribution in [-0.2, 0) is 17.7 Å². The van der Waals surface area contributed by atoms with Crippen molar-refractivity contribution in [3.63, 3.8) is 0 Å². The van der Waals surface area contributed by atoms with E-state index < -0.39 is 11.6 Å². The van der Waals surface area contributed by atoms with Gasteiger partial charge in [0.05, 0.1) is 17.8 Å². The first-order chi connectivity index (χ1) is 15.2. The van der Waals surface area contributed by atoms with E-state index in [2.05, 4.69) is 19.9 Å². The highest BCUT2D eigenvalue weighted by atomic mass is 16.6. The van der Waals surface area contributed by atoms with Gasteiger partial charge >= 0.3 is 12.1 Å². The molecule has 170 valence electrons. The molecule has 0 unspecified atom stereocenters. The molecule has 0 saturated carbocycles. The molecule has 0 aliphatic carbocycles. The van der Waals surface area contributed by atoms with Crippen LogP contribution in [0, 0.1) is 0 Å². The topological polar surface area (TPSA) is 125 Å². The summed E-state index contributed by atoms with van der Waals surface area (Å²) in [5.74, 6) is 0.152. The van der Waals surface area contributed by atoms with Crippen LogP contribution in [0.25, 0.3) is 0 Å². The van der Waals surface area contributed by atoms with Crippen LogP contribution in [0.4, 0.5) is 16.7 Å². The molecule has 2 aromatic heterocycles. The molecule has 0 bridgehead atoms. The lowest BCUT2D eigenvalue weighted by molar-refractivity contribution is 0.0222. The summed E-state index contributed by atoms with van der Waals surface area (Å²) in [4.78, 5) is 46.7. The molecule has 2 aliphatic rings. The minimum absolute atomic E-state index is 0.0695. The molecule has 2 aliphatic heterocycles. The van der Waals surface area contributed by atoms with Crippen LogP contribution >= 0.6 is 0 Å². The second kappa shape index (κ2) is 8.56. The summed E-state index contributed by atoms with van der Waals surface area (Å²) in [6, 6.07) is 0. The fraction of sp³-hybridized carbons (Fsp3) is 0.524. The van der Waals surface area contributed by atoms with Crippen LogP contribution < -0.4 is 9.80 Å². The lowest BCUT2D eigenvalue weighted by Gasteiger charge is -2.35. The van der Waals surface area contributed by atoms with Crippen molar-refractivity contribution < 1.29 is 19.4 Å². The Morgan fingerprint density at radius 3 is 2.12 bits per heavy atom. The van der Waals surface area contributed by atoms with Gasteiger partial charge in [0.25, 0.3) is 0 Å². The highest BCUT2D eigenvalue weighted by Crippen LogP contribution is 2.22. The maximum atomic E-state index is 12.3. The number of piperazine rings is 1. The number of carbonyl (C=O) groups excluding carboxylic acids is 1. The Morgan fingerprint density at radius 2 is 1.53 bits per heavy atom. The van der Waals surface area contributed by atoms with Gasteiger partial charge in [0.15, 0.2) is 0 Å². The van der Waals surface area contributed by atoms with Gasteiger partial charge in [0, 0.05) is 63.3 Å². The Morgan fingerprint density at radius 1 is 0.938 bits per heavy atom. The largest absolute Gasteiger partial charge is 0.478 e. The van der Waals surface area contributed by atoms with Gasteiger partial charge in [0.1, 0.15) is 5.60 Å². The van der Waals surface area contributed by atoms with E-state index in [0.717, 1.165) is 11.3 Å². The van der Waals surface area contributed by atoms with E-state index >= 15 is 0 Å². The van der Waals surface area contributed by atoms with E-state index in [0.29, 0.717) is 57.6 Å². The van der Waals surface area contributed by atoms with Crippen molar-refractivity contribution in [1.82, 2.24) is 24.8 Å². The number of aromatic nitrogens is 4. The van der Waals surface area contributed by atoms with Crippen molar-refractivity contribution in [2.75, 3.05) is 42.5 Å². The number of amides is 1. The van der Waals surface area contributed by atoms with Crippen molar-refractivity contribution in [3.8, 4) is 0 Å². The number of carboxylic acids is 1. The molecule has 4 heterocycles. The normalized spacial score (nSPS) is 16.5. The van der Waals surface area contributed by atoms with E-state index in [1.54, 1.807) is 11.1 Å². The summed E-state index contributed by atoms with van der Waals surface area (Å²) in [6.07, 6.45) is 4.79. The molecule has 11 nitrogen and oxygen atoms in total. The Bertz CT molecular complexity index is 998. The Labute approximate surface area is 186 Å². The van der Waals surface area contributed by atoms with Crippen molar-refractivity contribution in [3.05, 3.63) is 35.4 Å². The first kappa shape index (κ1) is 21.7. The number of rotatable bonds is 3. The Balaban J connectivity index is 1.36. The number of carbonyl (C=O) groups is 2. The van der Waals surface area contributed by atoms with Gasteiger partial charge in [0.2, 0.25) is 11.9 Å². The van der Waals surface area contributed by atoms with E-state index in [1.165, 1.54) is 12.4 Å². The van der Waals surface area contributed by atoms with E-state index in [9.17, 15) is 9.59 Å². The zero-order chi connectivity index (χ0) is 22.9. The average Bonchev–Trinajstić information content (AvgIpc) is 2.77. The SMILES string of the molecule is CC(C)(C)OC(=O)N1CCc2nc(N3CCN(c4ncc(C(=O)O)cn4)CC3)ncc2C1. The smallest absolute Gasteiger partial charge is 0.410 e. The number of anilines is 2. The average molecular weight is 441 g/mol. The van der Waals surface area contributed by atoms with Crippen LogP contribution in [0.15, 0.2) is 18.6 Å². The fourth-order valence-corrected chi connectivity index (χ4v) is 3.64. The number of aromatic carboxylic acids is 1. The van der Waals surface area contributed by atoms with Gasteiger partial charge in [-0.3, -0.25) is 0 Å². The molecule has 0 radical (unpaired) electrons. The summed E-state index contributed by atoms with van der Waals surface area (Å²) in [5, 5.41) is 8.98. The molecule has 4 rings (SSSR count). The third kappa shape index (κ3) is 4.87. The number of carboxylic acid groups (broad SMARTS) is 1. The highest BCUT2D eigenvalue weighted by molar-refractivity contribution is 5.86. The predicted octanol–water partition coefficient (Wildman–Crippen LogP) is 1.58. The summed E-state index contributed by atoms with van der Waals surface area (Å²) in [6.45, 7) is 9.34. The second-order valence-electron chi connectivity index (χ2n) is 8.84. The first-order valence-electron chi connectivity index (χ1n) is 10.6. The third-order valence-corrected chi connectivity index (χ3v) is 5.30. The van der Waals surface area contributed by atoms with Crippen molar-refractivity contribution >= 4 is 24.0 Å². The number of ether oxygens (including phenoxy) is 1. The van der Waals surface area contributed by atoms with Gasteiger partial charge in [-0.25, -0.2) is 29.5 Å². The molecule has 32 heavy (non-hydrogen) atoms. The second-order valence-corrected chi connectivity index (χ2v) is 8.84. The number of fused-ring (bicyclic) bond motifs is 1. The standard InChI is InChI=1S/C21H27N7O4/c1-21(2,3)32-20(31)28-5-4-16-15(13-28)12-24-19(25-16)27-8-6-26(7-9-27)18-22-10-14(11-23-18)17(29)30/h10-12H,4-9,13H2,1-3H3,(H,29,30). The maximum absolute atomic E-state index is 12.3. The molecule has 1 N–H and O–H groups in total. The van der Waals surface area contributed by atoms with Gasteiger partial charge in [-0.05, 0) is 20.8 Å². The minimum Gasteiger partial charge on any atom is -0.478 e. The number of hydrogen-bond acceptors (Lipinski definition) is 9. The van der Waals surface area contributed by atoms with Gasteiger partial charge < -0.3 is 24.5 Å². The molecule has 2 aromatic rings. The molecular formula is C21H27N7O4. The van der Waals surface area contributed by atoms with Crippen LogP contribution in [0.3, 0.4) is 0 Å². The quantitative estimate of drug-likeness (QED) is 0.750. The first-order valence-corrected chi connectivity index (χ1v) is 10.6. The van der Waals surface area contributed by atoms with E-state index in [-0.39, 0.29) is 11.7 Å². The number of nitrogens with zero attached hydrogens (tertiary/aromatic N) is 7. The van der Waals surface area contributed by atoms with Crippen LogP contribution in [0.5, 0.6) is 0 Å². The van der Waals surface area contributed by atoms with Crippen molar-refractivity contribution in [2.45, 2.75) is 39.3 Å². The molecular weight excluding hydrogens is 414 g/mol. The summed E-state index contributed by atoms with van der Waals surface area (Å²) in [7, 11) is 0. The van der Waals surface area contributed by atoms with Crippen LogP contribution in [0.1, 0.15) is 42.4 Å². The fourth-order valence-electron chi connectivity index (χ4n) is 3.64. The van der Waals surface area contributed by atoms with Crippen molar-refractivity contribution in [2.24, 2.45) is 0 Å².